The number of aliphatic imine (C=N–C) groups is 2. The van der Waals surface area contributed by atoms with E-state index in [-0.39, 0.29) is 37.2 Å². The lowest BCUT2D eigenvalue weighted by atomic mass is 10.1. The van der Waals surface area contributed by atoms with Crippen molar-refractivity contribution in [2.45, 2.75) is 39.7 Å². The van der Waals surface area contributed by atoms with E-state index in [9.17, 15) is 13.9 Å². The molecule has 0 radical (unpaired) electrons. The van der Waals surface area contributed by atoms with Crippen LogP contribution in [0.1, 0.15) is 44.0 Å². The van der Waals surface area contributed by atoms with E-state index >= 15 is 0 Å². The Bertz CT molecular complexity index is 1130. The molecule has 37 heavy (non-hydrogen) atoms. The largest absolute Gasteiger partial charge is 0.492 e. The minimum absolute atomic E-state index is 0.122. The fraction of sp³-hybridized carbons (Fsp3) is 0.346. The molecule has 0 aliphatic heterocycles. The van der Waals surface area contributed by atoms with Gasteiger partial charge in [0, 0.05) is 42.2 Å². The number of nitrogens with two attached hydrogens (primary N) is 1. The van der Waals surface area contributed by atoms with Gasteiger partial charge in [0.1, 0.15) is 24.1 Å². The van der Waals surface area contributed by atoms with Crippen LogP contribution in [-0.4, -0.2) is 53.6 Å². The zero-order chi connectivity index (χ0) is 28.0. The maximum Gasteiger partial charge on any atom is 0.143 e. The number of aromatic nitrogens is 1. The summed E-state index contributed by atoms with van der Waals surface area (Å²) < 4.78 is 33.2. The van der Waals surface area contributed by atoms with Gasteiger partial charge in [0.15, 0.2) is 0 Å². The molecule has 202 valence electrons. The summed E-state index contributed by atoms with van der Waals surface area (Å²) in [7, 11) is 0. The third kappa shape index (κ3) is 11.5. The van der Waals surface area contributed by atoms with Gasteiger partial charge in [-0.15, -0.1) is 0 Å². The number of aliphatic hydroxyl groups is 2. The Morgan fingerprint density at radius 1 is 1.32 bits per heavy atom. The predicted octanol–water partition coefficient (Wildman–Crippen LogP) is 4.65. The summed E-state index contributed by atoms with van der Waals surface area (Å²) in [4.78, 5) is 11.8. The third-order valence-electron chi connectivity index (χ3n) is 4.73. The topological polar surface area (TPSA) is 125 Å². The Morgan fingerprint density at radius 3 is 2.65 bits per heavy atom. The maximum absolute atomic E-state index is 14.0. The molecule has 0 saturated heterocycles. The Labute approximate surface area is 221 Å². The Morgan fingerprint density at radius 2 is 2.03 bits per heavy atom. The highest BCUT2D eigenvalue weighted by Gasteiger charge is 2.14. The van der Waals surface area contributed by atoms with Gasteiger partial charge in [0.25, 0.3) is 0 Å². The van der Waals surface area contributed by atoms with Crippen LogP contribution in [0.5, 0.6) is 0 Å². The van der Waals surface area contributed by atoms with E-state index in [2.05, 4.69) is 27.0 Å². The fourth-order valence-corrected chi connectivity index (χ4v) is 2.95. The molecular formula is C26H34ClF2N5O3. The minimum Gasteiger partial charge on any atom is -0.492 e. The normalized spacial score (nSPS) is 14.6. The molecule has 1 rings (SSSR count). The summed E-state index contributed by atoms with van der Waals surface area (Å²) in [5.41, 5.74) is 8.07. The van der Waals surface area contributed by atoms with Crippen molar-refractivity contribution < 1.29 is 23.7 Å². The smallest absolute Gasteiger partial charge is 0.143 e. The standard InChI is InChI=1S/C26H34ClF2N5O3/c1-17-13-32-23(22(30)6-8-34-26(3,4)15-35)12-21(17)25(27)24(10-18(2)33-16-36)37-9-7-19(28)11-20(29)14-31-5/h6,8,10-14,33,35-36H,5,7,9,15-16,30H2,1-4H3/b18-10-,19-11+,20-14+,22-6-,25-24-,34-8?. The van der Waals surface area contributed by atoms with Gasteiger partial charge in [-0.1, -0.05) is 11.6 Å². The minimum atomic E-state index is -0.875. The summed E-state index contributed by atoms with van der Waals surface area (Å²) in [5, 5.41) is 21.4. The van der Waals surface area contributed by atoms with E-state index in [1.54, 1.807) is 52.1 Å². The van der Waals surface area contributed by atoms with E-state index in [0.29, 0.717) is 34.3 Å². The molecule has 1 heterocycles. The second-order valence-electron chi connectivity index (χ2n) is 8.48. The predicted molar refractivity (Wildman–Crippen MR) is 146 cm³/mol. The average Bonchev–Trinajstić information content (AvgIpc) is 2.83. The first-order valence-corrected chi connectivity index (χ1v) is 11.6. The van der Waals surface area contributed by atoms with Gasteiger partial charge in [-0.25, -0.2) is 8.78 Å². The second kappa shape index (κ2) is 15.7. The van der Waals surface area contributed by atoms with Gasteiger partial charge in [-0.05, 0) is 52.1 Å². The Hall–Kier alpha value is -3.34. The zero-order valence-electron chi connectivity index (χ0n) is 21.4. The van der Waals surface area contributed by atoms with Crippen LogP contribution >= 0.6 is 11.6 Å². The fourth-order valence-electron chi connectivity index (χ4n) is 2.64. The van der Waals surface area contributed by atoms with Gasteiger partial charge in [0.2, 0.25) is 0 Å². The molecule has 0 spiro atoms. The molecule has 1 aromatic heterocycles. The van der Waals surface area contributed by atoms with Gasteiger partial charge in [0.05, 0.1) is 41.4 Å². The molecule has 0 atom stereocenters. The first-order chi connectivity index (χ1) is 17.4. The van der Waals surface area contributed by atoms with Crippen molar-refractivity contribution in [3.05, 3.63) is 76.6 Å². The molecule has 0 fully saturated rings. The van der Waals surface area contributed by atoms with E-state index in [1.165, 1.54) is 6.21 Å². The van der Waals surface area contributed by atoms with Gasteiger partial charge in [-0.2, -0.15) is 0 Å². The van der Waals surface area contributed by atoms with Gasteiger partial charge >= 0.3 is 0 Å². The number of pyridine rings is 1. The van der Waals surface area contributed by atoms with Crippen LogP contribution in [0.4, 0.5) is 8.78 Å². The van der Waals surface area contributed by atoms with E-state index < -0.39 is 17.2 Å². The number of allylic oxidation sites excluding steroid dienone is 5. The van der Waals surface area contributed by atoms with Crippen molar-refractivity contribution in [2.24, 2.45) is 15.7 Å². The number of halogens is 3. The number of aryl methyl sites for hydroxylation is 1. The first-order valence-electron chi connectivity index (χ1n) is 11.3. The number of aliphatic hydroxyl groups excluding tert-OH is 2. The Balaban J connectivity index is 3.35. The Kier molecular flexibility index (Phi) is 13.4. The molecule has 5 N–H and O–H groups in total. The molecule has 11 heteroatoms. The van der Waals surface area contributed by atoms with Crippen molar-refractivity contribution in [1.82, 2.24) is 10.3 Å². The average molecular weight is 538 g/mol. The monoisotopic (exact) mass is 537 g/mol. The van der Waals surface area contributed by atoms with Gasteiger partial charge in [-0.3, -0.25) is 15.0 Å². The van der Waals surface area contributed by atoms with Crippen molar-refractivity contribution in [1.29, 1.82) is 0 Å². The first kappa shape index (κ1) is 31.7. The molecule has 0 aliphatic rings. The van der Waals surface area contributed by atoms with Crippen LogP contribution in [0.2, 0.25) is 0 Å². The number of ether oxygens (including phenoxy) is 1. The van der Waals surface area contributed by atoms with Gasteiger partial charge < -0.3 is 26.0 Å². The molecule has 0 unspecified atom stereocenters. The van der Waals surface area contributed by atoms with Crippen LogP contribution in [0.25, 0.3) is 10.7 Å². The number of nitrogens with one attached hydrogen (secondary N) is 1. The molecule has 0 aliphatic carbocycles. The van der Waals surface area contributed by atoms with E-state index in [4.69, 9.17) is 27.2 Å². The quantitative estimate of drug-likeness (QED) is 0.118. The molecule has 0 saturated carbocycles. The lowest BCUT2D eigenvalue weighted by Gasteiger charge is -2.15. The highest BCUT2D eigenvalue weighted by atomic mass is 35.5. The van der Waals surface area contributed by atoms with Crippen molar-refractivity contribution in [3.8, 4) is 0 Å². The molecule has 0 bridgehead atoms. The summed E-state index contributed by atoms with van der Waals surface area (Å²) in [6.45, 7) is 9.55. The molecule has 8 nitrogen and oxygen atoms in total. The molecule has 1 aromatic rings. The van der Waals surface area contributed by atoms with Crippen molar-refractivity contribution >= 4 is 35.3 Å². The van der Waals surface area contributed by atoms with Crippen LogP contribution in [-0.2, 0) is 4.74 Å². The molecular weight excluding hydrogens is 504 g/mol. The lowest BCUT2D eigenvalue weighted by molar-refractivity contribution is 0.223. The SMILES string of the molecule is C=N/C=C(F)\C=C(\F)CCOC(/C=C(/C)NCO)=C(\Cl)c1cc(/C(N)=C/C=NC(C)(C)CO)ncc1C. The summed E-state index contributed by atoms with van der Waals surface area (Å²) in [5.74, 6) is -1.45. The summed E-state index contributed by atoms with van der Waals surface area (Å²) in [6.07, 6.45) is 7.45. The number of hydrogen-bond donors (Lipinski definition) is 4. The zero-order valence-corrected chi connectivity index (χ0v) is 22.2. The van der Waals surface area contributed by atoms with Crippen LogP contribution in [0.3, 0.4) is 0 Å². The van der Waals surface area contributed by atoms with Crippen LogP contribution in [0, 0.1) is 6.92 Å². The second-order valence-corrected chi connectivity index (χ2v) is 8.86. The highest BCUT2D eigenvalue weighted by molar-refractivity contribution is 6.49. The van der Waals surface area contributed by atoms with Crippen LogP contribution in [0.15, 0.2) is 69.8 Å². The van der Waals surface area contributed by atoms with Crippen molar-refractivity contribution in [2.75, 3.05) is 19.9 Å². The van der Waals surface area contributed by atoms with E-state index in [1.807, 2.05) is 0 Å². The molecule has 0 amide bonds. The van der Waals surface area contributed by atoms with E-state index in [0.717, 1.165) is 6.20 Å². The number of hydrogen-bond acceptors (Lipinski definition) is 8. The molecule has 0 aromatic carbocycles. The maximum atomic E-state index is 14.0. The number of nitrogens with zero attached hydrogens (tertiary/aromatic N) is 3. The van der Waals surface area contributed by atoms with Crippen molar-refractivity contribution in [3.63, 3.8) is 0 Å². The van der Waals surface area contributed by atoms with Crippen LogP contribution < -0.4 is 11.1 Å². The third-order valence-corrected chi connectivity index (χ3v) is 5.12. The summed E-state index contributed by atoms with van der Waals surface area (Å²) in [6, 6.07) is 1.67. The summed E-state index contributed by atoms with van der Waals surface area (Å²) >= 11 is 6.70. The lowest BCUT2D eigenvalue weighted by Crippen LogP contribution is -2.21. The highest BCUT2D eigenvalue weighted by Crippen LogP contribution is 2.29. The number of rotatable bonds is 14.